The summed E-state index contributed by atoms with van der Waals surface area (Å²) in [6.45, 7) is 3.33. The van der Waals surface area contributed by atoms with E-state index in [1.807, 2.05) is 0 Å². The average Bonchev–Trinajstić information content (AvgIpc) is 2.56. The molecule has 1 unspecified atom stereocenters. The monoisotopic (exact) mass is 340 g/mol. The van der Waals surface area contributed by atoms with Gasteiger partial charge in [0.15, 0.2) is 0 Å². The van der Waals surface area contributed by atoms with Gasteiger partial charge in [-0.1, -0.05) is 96.8 Å². The summed E-state index contributed by atoms with van der Waals surface area (Å²) in [5.41, 5.74) is 0. The van der Waals surface area contributed by atoms with Gasteiger partial charge in [-0.05, 0) is 25.7 Å². The quantitative estimate of drug-likeness (QED) is 0.258. The van der Waals surface area contributed by atoms with Crippen molar-refractivity contribution < 1.29 is 4.74 Å². The number of hydrogen-bond acceptors (Lipinski definition) is 1. The fourth-order valence-corrected chi connectivity index (χ4v) is 4.79. The fourth-order valence-electron chi connectivity index (χ4n) is 3.88. The highest BCUT2D eigenvalue weighted by atomic mass is 28.1. The Morgan fingerprint density at radius 2 is 1.17 bits per heavy atom. The molecule has 0 radical (unpaired) electrons. The van der Waals surface area contributed by atoms with Crippen molar-refractivity contribution in [2.75, 3.05) is 6.61 Å². The van der Waals surface area contributed by atoms with E-state index in [2.05, 4.69) is 6.92 Å². The first-order valence-electron chi connectivity index (χ1n) is 10.9. The van der Waals surface area contributed by atoms with Gasteiger partial charge in [-0.2, -0.15) is 0 Å². The molecule has 138 valence electrons. The maximum atomic E-state index is 6.04. The standard InChI is InChI=1S/C21H44OSi/c1-2-3-4-5-6-7-8-9-10-11-12-13-14-15-18-21(23)19-16-17-20-22-21/h2-20H2,1,23H3. The van der Waals surface area contributed by atoms with E-state index in [1.54, 1.807) is 0 Å². The van der Waals surface area contributed by atoms with Crippen molar-refractivity contribution in [2.24, 2.45) is 0 Å². The molecule has 0 aromatic heterocycles. The Kier molecular flexibility index (Phi) is 13.4. The van der Waals surface area contributed by atoms with Gasteiger partial charge >= 0.3 is 0 Å². The number of unbranched alkanes of at least 4 members (excludes halogenated alkanes) is 13. The molecule has 1 rings (SSSR count). The first kappa shape index (κ1) is 21.2. The van der Waals surface area contributed by atoms with Crippen molar-refractivity contribution in [3.8, 4) is 0 Å². The highest BCUT2D eigenvalue weighted by Crippen LogP contribution is 2.27. The Bertz CT molecular complexity index is 248. The number of ether oxygens (including phenoxy) is 1. The lowest BCUT2D eigenvalue weighted by Gasteiger charge is -2.34. The predicted octanol–water partition coefficient (Wildman–Crippen LogP) is 6.12. The molecule has 1 atom stereocenters. The van der Waals surface area contributed by atoms with Gasteiger partial charge in [0.05, 0.1) is 0 Å². The van der Waals surface area contributed by atoms with Gasteiger partial charge in [-0.15, -0.1) is 0 Å². The molecule has 0 aromatic carbocycles. The molecule has 1 aliphatic rings. The van der Waals surface area contributed by atoms with E-state index in [0.29, 0.717) is 5.22 Å². The van der Waals surface area contributed by atoms with Crippen LogP contribution in [0.25, 0.3) is 0 Å². The third kappa shape index (κ3) is 12.2. The van der Waals surface area contributed by atoms with Crippen LogP contribution in [0.5, 0.6) is 0 Å². The Morgan fingerprint density at radius 3 is 1.61 bits per heavy atom. The van der Waals surface area contributed by atoms with Crippen LogP contribution >= 0.6 is 0 Å². The third-order valence-corrected chi connectivity index (χ3v) is 6.90. The van der Waals surface area contributed by atoms with E-state index < -0.39 is 0 Å². The average molecular weight is 341 g/mol. The lowest BCUT2D eigenvalue weighted by molar-refractivity contribution is -0.0240. The van der Waals surface area contributed by atoms with E-state index in [0.717, 1.165) is 6.61 Å². The summed E-state index contributed by atoms with van der Waals surface area (Å²) in [6.07, 6.45) is 25.7. The highest BCUT2D eigenvalue weighted by molar-refractivity contribution is 6.14. The van der Waals surface area contributed by atoms with Gasteiger partial charge in [0, 0.05) is 22.1 Å². The Morgan fingerprint density at radius 1 is 0.696 bits per heavy atom. The van der Waals surface area contributed by atoms with Crippen LogP contribution in [0.2, 0.25) is 0 Å². The van der Waals surface area contributed by atoms with E-state index in [1.165, 1.54) is 126 Å². The van der Waals surface area contributed by atoms with Crippen LogP contribution in [0.1, 0.15) is 122 Å². The van der Waals surface area contributed by atoms with E-state index in [-0.39, 0.29) is 0 Å². The van der Waals surface area contributed by atoms with Crippen molar-refractivity contribution in [1.29, 1.82) is 0 Å². The van der Waals surface area contributed by atoms with Gasteiger partial charge in [-0.3, -0.25) is 0 Å². The van der Waals surface area contributed by atoms with E-state index in [9.17, 15) is 0 Å². The molecule has 0 bridgehead atoms. The van der Waals surface area contributed by atoms with Crippen LogP contribution in [-0.4, -0.2) is 22.1 Å². The summed E-state index contributed by atoms with van der Waals surface area (Å²) in [6, 6.07) is 0. The molecule has 0 aliphatic carbocycles. The van der Waals surface area contributed by atoms with Gasteiger partial charge in [-0.25, -0.2) is 0 Å². The summed E-state index contributed by atoms with van der Waals surface area (Å²) in [4.78, 5) is 0. The van der Waals surface area contributed by atoms with Gasteiger partial charge in [0.2, 0.25) is 0 Å². The molecule has 23 heavy (non-hydrogen) atoms. The molecule has 1 saturated heterocycles. The second-order valence-corrected chi connectivity index (χ2v) is 9.92. The van der Waals surface area contributed by atoms with Gasteiger partial charge in [0.25, 0.3) is 0 Å². The van der Waals surface area contributed by atoms with Crippen molar-refractivity contribution in [2.45, 2.75) is 128 Å². The summed E-state index contributed by atoms with van der Waals surface area (Å²) in [7, 11) is 1.23. The van der Waals surface area contributed by atoms with Crippen molar-refractivity contribution >= 4 is 10.2 Å². The van der Waals surface area contributed by atoms with E-state index >= 15 is 0 Å². The third-order valence-electron chi connectivity index (χ3n) is 5.61. The predicted molar refractivity (Wildman–Crippen MR) is 107 cm³/mol. The van der Waals surface area contributed by atoms with Crippen LogP contribution in [0.4, 0.5) is 0 Å². The molecular formula is C21H44OSi. The maximum Gasteiger partial charge on any atom is 0.0486 e. The minimum atomic E-state index is 0.357. The van der Waals surface area contributed by atoms with Crippen molar-refractivity contribution in [1.82, 2.24) is 0 Å². The zero-order valence-electron chi connectivity index (χ0n) is 16.3. The first-order valence-corrected chi connectivity index (χ1v) is 11.9. The van der Waals surface area contributed by atoms with Crippen molar-refractivity contribution in [3.63, 3.8) is 0 Å². The molecule has 0 saturated carbocycles. The minimum Gasteiger partial charge on any atom is -0.380 e. The summed E-state index contributed by atoms with van der Waals surface area (Å²) in [5.74, 6) is 0. The molecule has 1 fully saturated rings. The molecule has 1 nitrogen and oxygen atoms in total. The molecule has 0 aromatic rings. The SMILES string of the molecule is CCCCCCCCCCCCCCCCC1([SiH3])CCCCO1. The summed E-state index contributed by atoms with van der Waals surface area (Å²) >= 11 is 0. The smallest absolute Gasteiger partial charge is 0.0486 e. The molecular weight excluding hydrogens is 296 g/mol. The molecule has 1 heterocycles. The zero-order chi connectivity index (χ0) is 16.6. The lowest BCUT2D eigenvalue weighted by Crippen LogP contribution is -2.36. The molecule has 1 aliphatic heterocycles. The summed E-state index contributed by atoms with van der Waals surface area (Å²) < 4.78 is 6.04. The van der Waals surface area contributed by atoms with E-state index in [4.69, 9.17) is 4.74 Å². The number of rotatable bonds is 15. The first-order chi connectivity index (χ1) is 11.3. The lowest BCUT2D eigenvalue weighted by atomic mass is 10.0. The highest BCUT2D eigenvalue weighted by Gasteiger charge is 2.26. The molecule has 2 heteroatoms. The number of hydrogen-bond donors (Lipinski definition) is 0. The summed E-state index contributed by atoms with van der Waals surface area (Å²) in [5, 5.41) is 0.357. The fraction of sp³-hybridized carbons (Fsp3) is 1.00. The minimum absolute atomic E-state index is 0.357. The largest absolute Gasteiger partial charge is 0.380 e. The van der Waals surface area contributed by atoms with Crippen molar-refractivity contribution in [3.05, 3.63) is 0 Å². The Hall–Kier alpha value is 0.177. The molecule has 0 spiro atoms. The van der Waals surface area contributed by atoms with Crippen LogP contribution in [0, 0.1) is 0 Å². The molecule has 0 N–H and O–H groups in total. The normalized spacial score (nSPS) is 21.8. The Balaban J connectivity index is 1.74. The second-order valence-electron chi connectivity index (χ2n) is 8.10. The van der Waals surface area contributed by atoms with Crippen LogP contribution < -0.4 is 0 Å². The van der Waals surface area contributed by atoms with Crippen LogP contribution in [0.15, 0.2) is 0 Å². The topological polar surface area (TPSA) is 9.23 Å². The maximum absolute atomic E-state index is 6.04. The van der Waals surface area contributed by atoms with Gasteiger partial charge in [0.1, 0.15) is 0 Å². The van der Waals surface area contributed by atoms with Gasteiger partial charge < -0.3 is 4.74 Å². The second kappa shape index (κ2) is 14.5. The molecule has 0 amide bonds. The van der Waals surface area contributed by atoms with Crippen LogP contribution in [0.3, 0.4) is 0 Å². The zero-order valence-corrected chi connectivity index (χ0v) is 18.3. The van der Waals surface area contributed by atoms with Crippen LogP contribution in [-0.2, 0) is 4.74 Å². The Labute approximate surface area is 149 Å².